The molecule has 1 aromatic heterocycles. The zero-order valence-electron chi connectivity index (χ0n) is 8.24. The first-order chi connectivity index (χ1) is 7.54. The predicted molar refractivity (Wildman–Crippen MR) is 50.4 cm³/mol. The fraction of sp³-hybridized carbons (Fsp3) is 0.500. The van der Waals surface area contributed by atoms with E-state index in [0.29, 0.717) is 0 Å². The number of carbonyl (C=O) groups excluding carboxylic acids is 1. The maximum Gasteiger partial charge on any atom is 0.323 e. The van der Waals surface area contributed by atoms with E-state index >= 15 is 0 Å². The van der Waals surface area contributed by atoms with Crippen LogP contribution in [0.15, 0.2) is 11.0 Å². The number of aromatic amines is 2. The number of aliphatic hydroxyl groups excluding tert-OH is 1. The van der Waals surface area contributed by atoms with Crippen LogP contribution in [0, 0.1) is 0 Å². The van der Waals surface area contributed by atoms with Crippen LogP contribution < -0.4 is 5.69 Å². The number of nitrogens with one attached hydrogen (secondary N) is 2. The van der Waals surface area contributed by atoms with Crippen molar-refractivity contribution in [2.24, 2.45) is 0 Å². The van der Waals surface area contributed by atoms with Gasteiger partial charge in [-0.05, 0) is 0 Å². The molecule has 0 aliphatic rings. The van der Waals surface area contributed by atoms with E-state index in [0.717, 1.165) is 11.1 Å². The molecule has 3 N–H and O–H groups in total. The smallest absolute Gasteiger partial charge is 0.323 e. The Hall–Kier alpha value is -1.70. The second kappa shape index (κ2) is 5.40. The van der Waals surface area contributed by atoms with E-state index in [-0.39, 0.29) is 12.2 Å². The zero-order valence-corrected chi connectivity index (χ0v) is 8.24. The van der Waals surface area contributed by atoms with E-state index in [2.05, 4.69) is 9.97 Å². The minimum Gasteiger partial charge on any atom is -0.395 e. The Kier molecular flexibility index (Phi) is 4.18. The molecule has 0 aliphatic heterocycles. The highest BCUT2D eigenvalue weighted by Crippen LogP contribution is 2.03. The Bertz CT molecular complexity index is 401. The Morgan fingerprint density at radius 2 is 2.25 bits per heavy atom. The normalized spacial score (nSPS) is 10.8. The van der Waals surface area contributed by atoms with Gasteiger partial charge in [-0.1, -0.05) is 0 Å². The largest absolute Gasteiger partial charge is 0.395 e. The molecule has 6 nitrogen and oxygen atoms in total. The lowest BCUT2D eigenvalue weighted by molar-refractivity contribution is 0.0504. The molecule has 0 aromatic carbocycles. The average molecular weight is 235 g/mol. The molecule has 0 atom stereocenters. The molecule has 8 heteroatoms. The third kappa shape index (κ3) is 3.16. The molecule has 16 heavy (non-hydrogen) atoms. The van der Waals surface area contributed by atoms with Crippen molar-refractivity contribution in [2.75, 3.05) is 19.7 Å². The van der Waals surface area contributed by atoms with Crippen LogP contribution in [-0.4, -0.2) is 52.0 Å². The quantitative estimate of drug-likeness (QED) is 0.636. The molecule has 0 aliphatic carbocycles. The van der Waals surface area contributed by atoms with E-state index < -0.39 is 31.2 Å². The number of alkyl halides is 2. The highest BCUT2D eigenvalue weighted by molar-refractivity contribution is 5.92. The highest BCUT2D eigenvalue weighted by atomic mass is 19.3. The SMILES string of the molecule is O=C(c1c[nH]c(=O)[nH]1)N(CCO)CC(F)F. The predicted octanol–water partition coefficient (Wildman–Crippen LogP) is -0.597. The van der Waals surface area contributed by atoms with Crippen molar-refractivity contribution >= 4 is 5.91 Å². The lowest BCUT2D eigenvalue weighted by Gasteiger charge is -2.20. The lowest BCUT2D eigenvalue weighted by Crippen LogP contribution is -2.37. The monoisotopic (exact) mass is 235 g/mol. The molecule has 0 unspecified atom stereocenters. The Labute approximate surface area is 88.9 Å². The summed E-state index contributed by atoms with van der Waals surface area (Å²) >= 11 is 0. The second-order valence-corrected chi connectivity index (χ2v) is 3.02. The van der Waals surface area contributed by atoms with Gasteiger partial charge in [0.2, 0.25) is 0 Å². The summed E-state index contributed by atoms with van der Waals surface area (Å²) in [5, 5.41) is 8.63. The molecule has 1 heterocycles. The Balaban J connectivity index is 2.78. The van der Waals surface area contributed by atoms with Crippen LogP contribution in [0.5, 0.6) is 0 Å². The van der Waals surface area contributed by atoms with Gasteiger partial charge in [0, 0.05) is 12.7 Å². The van der Waals surface area contributed by atoms with E-state index in [9.17, 15) is 18.4 Å². The maximum absolute atomic E-state index is 12.1. The van der Waals surface area contributed by atoms with Crippen LogP contribution >= 0.6 is 0 Å². The molecule has 1 rings (SSSR count). The van der Waals surface area contributed by atoms with Gasteiger partial charge in [0.05, 0.1) is 13.2 Å². The van der Waals surface area contributed by atoms with E-state index in [4.69, 9.17) is 5.11 Å². The number of aromatic nitrogens is 2. The molecule has 90 valence electrons. The lowest BCUT2D eigenvalue weighted by atomic mass is 10.3. The van der Waals surface area contributed by atoms with Gasteiger partial charge in [-0.25, -0.2) is 13.6 Å². The van der Waals surface area contributed by atoms with Crippen molar-refractivity contribution < 1.29 is 18.7 Å². The van der Waals surface area contributed by atoms with Crippen molar-refractivity contribution in [2.45, 2.75) is 6.43 Å². The van der Waals surface area contributed by atoms with Crippen molar-refractivity contribution in [1.29, 1.82) is 0 Å². The van der Waals surface area contributed by atoms with Crippen LogP contribution in [0.4, 0.5) is 8.78 Å². The molecule has 0 saturated carbocycles. The van der Waals surface area contributed by atoms with Crippen molar-refractivity contribution in [3.05, 3.63) is 22.4 Å². The number of carbonyl (C=O) groups is 1. The van der Waals surface area contributed by atoms with Gasteiger partial charge in [0.25, 0.3) is 12.3 Å². The van der Waals surface area contributed by atoms with Crippen LogP contribution in [0.2, 0.25) is 0 Å². The minimum absolute atomic E-state index is 0.112. The number of imidazole rings is 1. The summed E-state index contributed by atoms with van der Waals surface area (Å²) in [7, 11) is 0. The number of H-pyrrole nitrogens is 2. The molecular formula is C8H11F2N3O3. The Morgan fingerprint density at radius 3 is 2.69 bits per heavy atom. The number of amides is 1. The number of aliphatic hydroxyl groups is 1. The number of nitrogens with zero attached hydrogens (tertiary/aromatic N) is 1. The number of rotatable bonds is 5. The van der Waals surface area contributed by atoms with Crippen LogP contribution in [0.25, 0.3) is 0 Å². The first-order valence-electron chi connectivity index (χ1n) is 4.50. The summed E-state index contributed by atoms with van der Waals surface area (Å²) in [4.78, 5) is 27.4. The maximum atomic E-state index is 12.1. The Morgan fingerprint density at radius 1 is 1.56 bits per heavy atom. The summed E-state index contributed by atoms with van der Waals surface area (Å²) in [6.45, 7) is -1.42. The van der Waals surface area contributed by atoms with Gasteiger partial charge in [0.15, 0.2) is 0 Å². The van der Waals surface area contributed by atoms with Gasteiger partial charge >= 0.3 is 5.69 Å². The first-order valence-corrected chi connectivity index (χ1v) is 4.50. The topological polar surface area (TPSA) is 89.2 Å². The fourth-order valence-electron chi connectivity index (χ4n) is 1.18. The van der Waals surface area contributed by atoms with Crippen molar-refractivity contribution in [3.8, 4) is 0 Å². The molecule has 0 radical (unpaired) electrons. The summed E-state index contributed by atoms with van der Waals surface area (Å²) in [6, 6.07) is 0. The summed E-state index contributed by atoms with van der Waals surface area (Å²) < 4.78 is 24.3. The number of hydrogen-bond donors (Lipinski definition) is 3. The molecule has 0 saturated heterocycles. The number of halogens is 2. The molecule has 1 amide bonds. The van der Waals surface area contributed by atoms with Crippen molar-refractivity contribution in [1.82, 2.24) is 14.9 Å². The molecule has 0 bridgehead atoms. The fourth-order valence-corrected chi connectivity index (χ4v) is 1.18. The van der Waals surface area contributed by atoms with Crippen LogP contribution in [0.1, 0.15) is 10.5 Å². The molecule has 1 aromatic rings. The highest BCUT2D eigenvalue weighted by Gasteiger charge is 2.20. The van der Waals surface area contributed by atoms with Gasteiger partial charge in [-0.2, -0.15) is 0 Å². The van der Waals surface area contributed by atoms with Gasteiger partial charge in [0.1, 0.15) is 5.69 Å². The zero-order chi connectivity index (χ0) is 12.1. The second-order valence-electron chi connectivity index (χ2n) is 3.02. The average Bonchev–Trinajstić information content (AvgIpc) is 2.62. The first kappa shape index (κ1) is 12.4. The van der Waals surface area contributed by atoms with E-state index in [1.807, 2.05) is 0 Å². The standard InChI is InChI=1S/C8H11F2N3O3/c9-6(10)4-13(1-2-14)7(15)5-3-11-8(16)12-5/h3,6,14H,1-2,4H2,(H2,11,12,16). The summed E-state index contributed by atoms with van der Waals surface area (Å²) in [6.07, 6.45) is -1.60. The van der Waals surface area contributed by atoms with Crippen molar-refractivity contribution in [3.63, 3.8) is 0 Å². The van der Waals surface area contributed by atoms with E-state index in [1.54, 1.807) is 0 Å². The van der Waals surface area contributed by atoms with Crippen LogP contribution in [-0.2, 0) is 0 Å². The minimum atomic E-state index is -2.69. The summed E-state index contributed by atoms with van der Waals surface area (Å²) in [5.74, 6) is -0.757. The number of hydrogen-bond acceptors (Lipinski definition) is 3. The molecular weight excluding hydrogens is 224 g/mol. The molecule has 0 spiro atoms. The third-order valence-electron chi connectivity index (χ3n) is 1.84. The van der Waals surface area contributed by atoms with Crippen LogP contribution in [0.3, 0.4) is 0 Å². The van der Waals surface area contributed by atoms with E-state index in [1.165, 1.54) is 0 Å². The van der Waals surface area contributed by atoms with Gasteiger partial charge in [-0.15, -0.1) is 0 Å². The molecule has 0 fully saturated rings. The van der Waals surface area contributed by atoms with Gasteiger partial charge in [-0.3, -0.25) is 4.79 Å². The summed E-state index contributed by atoms with van der Waals surface area (Å²) in [5.41, 5.74) is -0.705. The third-order valence-corrected chi connectivity index (χ3v) is 1.84. The van der Waals surface area contributed by atoms with Gasteiger partial charge < -0.3 is 20.0 Å².